The van der Waals surface area contributed by atoms with E-state index >= 15 is 0 Å². The third kappa shape index (κ3) is 7.79. The number of halogens is 2. The molecule has 12 nitrogen and oxygen atoms in total. The van der Waals surface area contributed by atoms with Crippen molar-refractivity contribution in [3.63, 3.8) is 0 Å². The summed E-state index contributed by atoms with van der Waals surface area (Å²) in [4.78, 5) is 47.4. The third-order valence-electron chi connectivity index (χ3n) is 7.36. The predicted molar refractivity (Wildman–Crippen MR) is 182 cm³/mol. The highest BCUT2D eigenvalue weighted by Gasteiger charge is 2.21. The Kier molecular flexibility index (Phi) is 11.0. The van der Waals surface area contributed by atoms with Gasteiger partial charge in [-0.1, -0.05) is 35.3 Å². The molecule has 5 aromatic rings. The van der Waals surface area contributed by atoms with Gasteiger partial charge in [0.1, 0.15) is 23.6 Å². The topological polar surface area (TPSA) is 137 Å². The first-order chi connectivity index (χ1) is 23.2. The summed E-state index contributed by atoms with van der Waals surface area (Å²) in [7, 11) is 4.63. The fourth-order valence-electron chi connectivity index (χ4n) is 4.78. The monoisotopic (exact) mass is 690 g/mol. The molecule has 0 fully saturated rings. The first kappa shape index (κ1) is 34.0. The van der Waals surface area contributed by atoms with Crippen LogP contribution in [0.25, 0.3) is 11.0 Å². The largest absolute Gasteiger partial charge is 0.486 e. The van der Waals surface area contributed by atoms with Gasteiger partial charge in [-0.2, -0.15) is 4.98 Å². The van der Waals surface area contributed by atoms with Gasteiger partial charge in [-0.25, -0.2) is 0 Å². The number of ether oxygens (including phenoxy) is 3. The van der Waals surface area contributed by atoms with Crippen molar-refractivity contribution in [2.45, 2.75) is 13.2 Å². The molecule has 3 aromatic carbocycles. The summed E-state index contributed by atoms with van der Waals surface area (Å²) in [5, 5.41) is 5.64. The van der Waals surface area contributed by atoms with E-state index in [1.165, 1.54) is 11.9 Å². The van der Waals surface area contributed by atoms with Crippen LogP contribution in [0.4, 0.5) is 5.69 Å². The molecule has 0 saturated heterocycles. The predicted octanol–water partition coefficient (Wildman–Crippen LogP) is 4.89. The highest BCUT2D eigenvalue weighted by atomic mass is 35.5. The number of carbonyl (C=O) groups is 3. The number of pyridine rings is 1. The molecular formula is C34H32Cl2N6O6. The van der Waals surface area contributed by atoms with Crippen LogP contribution < -0.4 is 29.7 Å². The van der Waals surface area contributed by atoms with E-state index < -0.39 is 11.8 Å². The van der Waals surface area contributed by atoms with Gasteiger partial charge in [-0.3, -0.25) is 23.9 Å². The fourth-order valence-corrected chi connectivity index (χ4v) is 5.39. The van der Waals surface area contributed by atoms with Gasteiger partial charge in [0.05, 0.1) is 42.1 Å². The van der Waals surface area contributed by atoms with E-state index in [1.54, 1.807) is 62.8 Å². The summed E-state index contributed by atoms with van der Waals surface area (Å²) < 4.78 is 19.1. The molecule has 48 heavy (non-hydrogen) atoms. The van der Waals surface area contributed by atoms with Crippen molar-refractivity contribution in [3.05, 3.63) is 106 Å². The van der Waals surface area contributed by atoms with E-state index in [-0.39, 0.29) is 30.7 Å². The summed E-state index contributed by atoms with van der Waals surface area (Å²) in [6.45, 7) is -0.185. The number of likely N-dealkylation sites (N-methyl/N-ethyl adjacent to an activating group) is 1. The van der Waals surface area contributed by atoms with Crippen molar-refractivity contribution in [1.29, 1.82) is 0 Å². The number of aromatic nitrogens is 3. The number of amides is 3. The minimum atomic E-state index is -0.503. The Morgan fingerprint density at radius 1 is 0.958 bits per heavy atom. The van der Waals surface area contributed by atoms with Crippen LogP contribution in [0.15, 0.2) is 79.0 Å². The van der Waals surface area contributed by atoms with Gasteiger partial charge in [-0.05, 0) is 60.7 Å². The first-order valence-corrected chi connectivity index (χ1v) is 15.5. The number of hydrogen-bond acceptors (Lipinski definition) is 8. The number of methoxy groups -OCH3 is 1. The van der Waals surface area contributed by atoms with Gasteiger partial charge >= 0.3 is 0 Å². The maximum Gasteiger partial charge on any atom is 0.297 e. The molecule has 0 aliphatic carbocycles. The van der Waals surface area contributed by atoms with E-state index in [1.807, 2.05) is 34.9 Å². The highest BCUT2D eigenvalue weighted by Crippen LogP contribution is 2.36. The number of fused-ring (bicyclic) bond motifs is 1. The van der Waals surface area contributed by atoms with Crippen LogP contribution in [0, 0.1) is 0 Å². The van der Waals surface area contributed by atoms with E-state index in [4.69, 9.17) is 37.4 Å². The lowest BCUT2D eigenvalue weighted by Crippen LogP contribution is -2.40. The number of para-hydroxylation sites is 1. The Hall–Kier alpha value is -5.33. The van der Waals surface area contributed by atoms with E-state index in [2.05, 4.69) is 20.6 Å². The zero-order chi connectivity index (χ0) is 34.2. The molecule has 14 heteroatoms. The second kappa shape index (κ2) is 15.5. The third-order valence-corrected chi connectivity index (χ3v) is 8.13. The molecule has 2 heterocycles. The molecule has 0 atom stereocenters. The molecule has 0 radical (unpaired) electrons. The molecule has 0 spiro atoms. The molecule has 5 rings (SSSR count). The van der Waals surface area contributed by atoms with Crippen LogP contribution in [0.3, 0.4) is 0 Å². The number of rotatable bonds is 13. The number of nitrogens with zero attached hydrogens (tertiary/aromatic N) is 4. The van der Waals surface area contributed by atoms with Crippen LogP contribution in [0.2, 0.25) is 10.0 Å². The first-order valence-electron chi connectivity index (χ1n) is 14.7. The molecule has 0 saturated carbocycles. The minimum Gasteiger partial charge on any atom is -0.486 e. The normalized spacial score (nSPS) is 10.8. The fraction of sp³-hybridized carbons (Fsp3) is 0.206. The van der Waals surface area contributed by atoms with Crippen molar-refractivity contribution < 1.29 is 28.6 Å². The SMILES string of the molecule is CNC(=O)c1ccc(OCC(=O)NCC(=O)N(C)c2ccc(Cl)c(COc3cccc4c3nc(OC)n4Cc3ccccn3)c2Cl)cc1. The summed E-state index contributed by atoms with van der Waals surface area (Å²) in [5.74, 6) is -0.278. The van der Waals surface area contributed by atoms with Crippen LogP contribution in [0.1, 0.15) is 21.6 Å². The number of imidazole rings is 1. The van der Waals surface area contributed by atoms with Crippen LogP contribution in [-0.4, -0.2) is 66.6 Å². The number of benzene rings is 3. The highest BCUT2D eigenvalue weighted by molar-refractivity contribution is 6.38. The number of nitrogens with one attached hydrogen (secondary N) is 2. The number of carbonyl (C=O) groups excluding carboxylic acids is 3. The smallest absolute Gasteiger partial charge is 0.297 e. The summed E-state index contributed by atoms with van der Waals surface area (Å²) in [6, 6.07) is 21.2. The second-order valence-corrected chi connectivity index (χ2v) is 11.2. The molecule has 0 unspecified atom stereocenters. The molecule has 0 aliphatic heterocycles. The Bertz CT molecular complexity index is 1930. The Labute approximate surface area is 286 Å². The summed E-state index contributed by atoms with van der Waals surface area (Å²) >= 11 is 13.3. The van der Waals surface area contributed by atoms with Gasteiger partial charge in [0.25, 0.3) is 17.8 Å². The van der Waals surface area contributed by atoms with E-state index in [9.17, 15) is 14.4 Å². The lowest BCUT2D eigenvalue weighted by Gasteiger charge is -2.21. The molecule has 2 N–H and O–H groups in total. The van der Waals surface area contributed by atoms with Crippen molar-refractivity contribution in [1.82, 2.24) is 25.2 Å². The van der Waals surface area contributed by atoms with Gasteiger partial charge in [0.2, 0.25) is 5.91 Å². The zero-order valence-corrected chi connectivity index (χ0v) is 27.8. The molecule has 0 aliphatic rings. The number of anilines is 1. The van der Waals surface area contributed by atoms with Gasteiger partial charge in [-0.15, -0.1) is 0 Å². The Morgan fingerprint density at radius 3 is 2.46 bits per heavy atom. The van der Waals surface area contributed by atoms with Crippen molar-refractivity contribution in [2.75, 3.05) is 39.3 Å². The standard InChI is InChI=1S/C34H32Cl2N6O6/c1-37-33(45)21-10-12-23(13-11-21)47-20-29(43)39-17-30(44)41(2)26-15-14-25(35)24(31(26)36)19-48-28-9-6-8-27-32(28)40-34(46-3)42(27)18-22-7-4-5-16-38-22/h4-16H,17-20H2,1-3H3,(H,37,45)(H,39,43). The summed E-state index contributed by atoms with van der Waals surface area (Å²) in [6.07, 6.45) is 1.73. The van der Waals surface area contributed by atoms with Crippen molar-refractivity contribution >= 4 is 57.6 Å². The van der Waals surface area contributed by atoms with Gasteiger partial charge < -0.3 is 29.7 Å². The van der Waals surface area contributed by atoms with Gasteiger partial charge in [0.15, 0.2) is 6.61 Å². The average Bonchev–Trinajstić information content (AvgIpc) is 3.47. The van der Waals surface area contributed by atoms with Crippen LogP contribution >= 0.6 is 23.2 Å². The number of hydrogen-bond donors (Lipinski definition) is 2. The molecule has 0 bridgehead atoms. The van der Waals surface area contributed by atoms with Crippen LogP contribution in [0.5, 0.6) is 17.5 Å². The maximum absolute atomic E-state index is 13.0. The van der Waals surface area contributed by atoms with E-state index in [0.717, 1.165) is 11.2 Å². The molecule has 3 amide bonds. The Balaban J connectivity index is 1.22. The molecule has 248 valence electrons. The quantitative estimate of drug-likeness (QED) is 0.178. The Morgan fingerprint density at radius 2 is 1.75 bits per heavy atom. The van der Waals surface area contributed by atoms with Crippen molar-refractivity contribution in [3.8, 4) is 17.5 Å². The van der Waals surface area contributed by atoms with Crippen molar-refractivity contribution in [2.24, 2.45) is 0 Å². The van der Waals surface area contributed by atoms with E-state index in [0.29, 0.717) is 51.4 Å². The average molecular weight is 692 g/mol. The lowest BCUT2D eigenvalue weighted by atomic mass is 10.2. The minimum absolute atomic E-state index is 0.0137. The second-order valence-electron chi connectivity index (χ2n) is 10.4. The molecule has 2 aromatic heterocycles. The van der Waals surface area contributed by atoms with Crippen LogP contribution in [-0.2, 0) is 22.7 Å². The maximum atomic E-state index is 13.0. The molecular weight excluding hydrogens is 659 g/mol. The van der Waals surface area contributed by atoms with Gasteiger partial charge in [0, 0.05) is 36.4 Å². The summed E-state index contributed by atoms with van der Waals surface area (Å²) in [5.41, 5.74) is 3.52. The lowest BCUT2D eigenvalue weighted by molar-refractivity contribution is -0.126. The zero-order valence-electron chi connectivity index (χ0n) is 26.3.